The molecule has 118 valence electrons. The number of nitrogens with one attached hydrogen (secondary N) is 2. The van der Waals surface area contributed by atoms with Crippen LogP contribution < -0.4 is 16.4 Å². The van der Waals surface area contributed by atoms with E-state index in [0.717, 1.165) is 0 Å². The molecule has 0 aromatic carbocycles. The molecule has 0 bridgehead atoms. The van der Waals surface area contributed by atoms with Crippen molar-refractivity contribution in [2.75, 3.05) is 19.6 Å². The summed E-state index contributed by atoms with van der Waals surface area (Å²) < 4.78 is 40.7. The molecule has 2 amide bonds. The molecule has 1 saturated heterocycles. The third kappa shape index (κ3) is 6.92. The summed E-state index contributed by atoms with van der Waals surface area (Å²) >= 11 is 0. The zero-order valence-electron chi connectivity index (χ0n) is 10.5. The Morgan fingerprint density at radius 1 is 1.25 bits per heavy atom. The number of amides is 2. The Labute approximate surface area is 120 Å². The zero-order valence-corrected chi connectivity index (χ0v) is 11.4. The number of halogens is 4. The van der Waals surface area contributed by atoms with Crippen molar-refractivity contribution in [3.05, 3.63) is 0 Å². The van der Waals surface area contributed by atoms with E-state index in [0.29, 0.717) is 19.4 Å². The van der Waals surface area contributed by atoms with Crippen LogP contribution in [0.4, 0.5) is 13.2 Å². The summed E-state index contributed by atoms with van der Waals surface area (Å²) in [5.41, 5.74) is 5.37. The fraction of sp³-hybridized carbons (Fsp3) is 0.800. The minimum atomic E-state index is -4.47. The maximum atomic E-state index is 11.8. The summed E-state index contributed by atoms with van der Waals surface area (Å²) in [5, 5.41) is 3.87. The minimum Gasteiger partial charge on any atom is -0.364 e. The van der Waals surface area contributed by atoms with Crippen LogP contribution in [0.25, 0.3) is 0 Å². The van der Waals surface area contributed by atoms with Gasteiger partial charge < -0.3 is 21.1 Å². The van der Waals surface area contributed by atoms with E-state index in [1.165, 1.54) is 0 Å². The molecule has 6 nitrogen and oxygen atoms in total. The minimum absolute atomic E-state index is 0. The first-order valence-electron chi connectivity index (χ1n) is 5.78. The molecule has 20 heavy (non-hydrogen) atoms. The molecule has 0 spiro atoms. The van der Waals surface area contributed by atoms with Crippen LogP contribution >= 0.6 is 12.4 Å². The van der Waals surface area contributed by atoms with Crippen LogP contribution in [0.15, 0.2) is 0 Å². The van der Waals surface area contributed by atoms with Crippen LogP contribution in [0, 0.1) is 0 Å². The number of ether oxygens (including phenoxy) is 1. The predicted molar refractivity (Wildman–Crippen MR) is 66.3 cm³/mol. The van der Waals surface area contributed by atoms with Crippen molar-refractivity contribution in [3.63, 3.8) is 0 Å². The Morgan fingerprint density at radius 3 is 2.40 bits per heavy atom. The van der Waals surface area contributed by atoms with E-state index >= 15 is 0 Å². The lowest BCUT2D eigenvalue weighted by atomic mass is 10.2. The van der Waals surface area contributed by atoms with Crippen molar-refractivity contribution < 1.29 is 27.5 Å². The fourth-order valence-electron chi connectivity index (χ4n) is 1.61. The quantitative estimate of drug-likeness (QED) is 0.649. The van der Waals surface area contributed by atoms with E-state index in [-0.39, 0.29) is 18.5 Å². The molecular weight excluding hydrogens is 303 g/mol. The second-order valence-electron chi connectivity index (χ2n) is 4.17. The lowest BCUT2D eigenvalue weighted by Crippen LogP contribution is -2.43. The normalized spacial score (nSPS) is 22.0. The first-order chi connectivity index (χ1) is 8.81. The van der Waals surface area contributed by atoms with Gasteiger partial charge in [0, 0.05) is 6.54 Å². The Kier molecular flexibility index (Phi) is 7.84. The lowest BCUT2D eigenvalue weighted by Gasteiger charge is -2.13. The van der Waals surface area contributed by atoms with Gasteiger partial charge in [0.15, 0.2) is 0 Å². The van der Waals surface area contributed by atoms with Crippen LogP contribution in [0.2, 0.25) is 0 Å². The maximum absolute atomic E-state index is 11.8. The number of alkyl halides is 3. The number of nitrogens with two attached hydrogens (primary N) is 1. The van der Waals surface area contributed by atoms with Crippen molar-refractivity contribution in [2.24, 2.45) is 5.73 Å². The van der Waals surface area contributed by atoms with Gasteiger partial charge in [-0.25, -0.2) is 0 Å². The highest BCUT2D eigenvalue weighted by Crippen LogP contribution is 2.18. The van der Waals surface area contributed by atoms with Gasteiger partial charge in [-0.2, -0.15) is 13.2 Å². The molecule has 0 aliphatic carbocycles. The Morgan fingerprint density at radius 2 is 1.90 bits per heavy atom. The van der Waals surface area contributed by atoms with Crippen molar-refractivity contribution in [1.82, 2.24) is 10.6 Å². The molecular formula is C10H17ClF3N3O3. The van der Waals surface area contributed by atoms with Gasteiger partial charge in [-0.15, -0.1) is 12.4 Å². The molecule has 1 rings (SSSR count). The highest BCUT2D eigenvalue weighted by molar-refractivity contribution is 5.87. The predicted octanol–water partition coefficient (Wildman–Crippen LogP) is -0.291. The second kappa shape index (κ2) is 8.28. The van der Waals surface area contributed by atoms with E-state index < -0.39 is 37.2 Å². The largest absolute Gasteiger partial charge is 0.405 e. The Hall–Kier alpha value is -1.06. The molecule has 1 aliphatic rings. The van der Waals surface area contributed by atoms with Gasteiger partial charge in [0.05, 0.1) is 12.6 Å². The maximum Gasteiger partial charge on any atom is 0.405 e. The first-order valence-corrected chi connectivity index (χ1v) is 5.78. The smallest absolute Gasteiger partial charge is 0.364 e. The monoisotopic (exact) mass is 319 g/mol. The van der Waals surface area contributed by atoms with Crippen molar-refractivity contribution in [3.8, 4) is 0 Å². The number of hydrogen-bond acceptors (Lipinski definition) is 4. The number of rotatable bonds is 5. The van der Waals surface area contributed by atoms with Gasteiger partial charge >= 0.3 is 6.18 Å². The molecule has 1 fully saturated rings. The van der Waals surface area contributed by atoms with E-state index in [1.54, 1.807) is 5.32 Å². The summed E-state index contributed by atoms with van der Waals surface area (Å²) in [4.78, 5) is 22.6. The molecule has 0 unspecified atom stereocenters. The molecule has 10 heteroatoms. The third-order valence-electron chi connectivity index (χ3n) is 2.57. The van der Waals surface area contributed by atoms with E-state index in [2.05, 4.69) is 5.32 Å². The molecule has 0 radical (unpaired) electrons. The molecule has 4 N–H and O–H groups in total. The summed E-state index contributed by atoms with van der Waals surface area (Å²) in [7, 11) is 0. The van der Waals surface area contributed by atoms with Gasteiger partial charge in [0.2, 0.25) is 11.8 Å². The molecule has 2 atom stereocenters. The van der Waals surface area contributed by atoms with Crippen molar-refractivity contribution in [2.45, 2.75) is 31.2 Å². The highest BCUT2D eigenvalue weighted by atomic mass is 35.5. The van der Waals surface area contributed by atoms with Gasteiger partial charge in [-0.1, -0.05) is 0 Å². The van der Waals surface area contributed by atoms with Crippen LogP contribution in [-0.4, -0.2) is 49.8 Å². The molecule has 0 aromatic rings. The second-order valence-corrected chi connectivity index (χ2v) is 4.17. The summed E-state index contributed by atoms with van der Waals surface area (Å²) in [6, 6.07) is 0. The van der Waals surface area contributed by atoms with E-state index in [4.69, 9.17) is 10.5 Å². The Bertz CT molecular complexity index is 341. The van der Waals surface area contributed by atoms with Crippen LogP contribution in [0.5, 0.6) is 0 Å². The van der Waals surface area contributed by atoms with Gasteiger partial charge in [-0.3, -0.25) is 9.59 Å². The number of carbonyl (C=O) groups excluding carboxylic acids is 2. The fourth-order valence-corrected chi connectivity index (χ4v) is 1.61. The van der Waals surface area contributed by atoms with E-state index in [1.807, 2.05) is 0 Å². The molecule has 1 aliphatic heterocycles. The zero-order chi connectivity index (χ0) is 14.5. The topological polar surface area (TPSA) is 93.5 Å². The molecule has 0 saturated carbocycles. The summed E-state index contributed by atoms with van der Waals surface area (Å²) in [5.74, 6) is -1.42. The van der Waals surface area contributed by atoms with Crippen LogP contribution in [0.3, 0.4) is 0 Å². The number of carbonyl (C=O) groups is 2. The lowest BCUT2D eigenvalue weighted by molar-refractivity contribution is -0.139. The molecule has 0 aromatic heterocycles. The SMILES string of the molecule is Cl.NC[C@H]1CC[C@@H](C(=O)NCC(=O)NCC(F)(F)F)O1. The van der Waals surface area contributed by atoms with Gasteiger partial charge in [-0.05, 0) is 12.8 Å². The average molecular weight is 320 g/mol. The first kappa shape index (κ1) is 18.9. The van der Waals surface area contributed by atoms with Gasteiger partial charge in [0.25, 0.3) is 0 Å². The summed E-state index contributed by atoms with van der Waals surface area (Å²) in [6.45, 7) is -1.63. The van der Waals surface area contributed by atoms with Crippen molar-refractivity contribution in [1.29, 1.82) is 0 Å². The van der Waals surface area contributed by atoms with E-state index in [9.17, 15) is 22.8 Å². The highest BCUT2D eigenvalue weighted by Gasteiger charge is 2.30. The molecule has 1 heterocycles. The van der Waals surface area contributed by atoms with Crippen molar-refractivity contribution >= 4 is 24.2 Å². The van der Waals surface area contributed by atoms with Crippen LogP contribution in [-0.2, 0) is 14.3 Å². The average Bonchev–Trinajstić information content (AvgIpc) is 2.81. The Balaban J connectivity index is 0.00000361. The van der Waals surface area contributed by atoms with Gasteiger partial charge in [0.1, 0.15) is 12.6 Å². The summed E-state index contributed by atoms with van der Waals surface area (Å²) in [6.07, 6.45) is -4.21. The third-order valence-corrected chi connectivity index (χ3v) is 2.57. The standard InChI is InChI=1S/C10H16F3N3O3.ClH/c11-10(12,13)5-16-8(17)4-15-9(18)7-2-1-6(3-14)19-7;/h6-7H,1-5,14H2,(H,15,18)(H,16,17);1H/t6-,7+;/m1./s1. The number of hydrogen-bond donors (Lipinski definition) is 3. The van der Waals surface area contributed by atoms with Crippen LogP contribution in [0.1, 0.15) is 12.8 Å².